The van der Waals surface area contributed by atoms with Gasteiger partial charge in [0.2, 0.25) is 5.91 Å². The molecule has 2 atom stereocenters. The van der Waals surface area contributed by atoms with Gasteiger partial charge in [0.25, 0.3) is 0 Å². The molecular weight excluding hydrogens is 224 g/mol. The van der Waals surface area contributed by atoms with Gasteiger partial charge in [0, 0.05) is 37.6 Å². The predicted molar refractivity (Wildman–Crippen MR) is 72.2 cm³/mol. The number of fused-ring (bicyclic) bond motifs is 1. The van der Waals surface area contributed by atoms with E-state index in [2.05, 4.69) is 30.6 Å². The highest BCUT2D eigenvalue weighted by Gasteiger charge is 2.57. The number of piperazine rings is 1. The Hall–Kier alpha value is -0.570. The van der Waals surface area contributed by atoms with E-state index in [1.54, 1.807) is 0 Å². The minimum Gasteiger partial charge on any atom is -0.340 e. The molecule has 0 N–H and O–H groups in total. The van der Waals surface area contributed by atoms with Gasteiger partial charge in [-0.25, -0.2) is 0 Å². The fourth-order valence-electron chi connectivity index (χ4n) is 4.00. The quantitative estimate of drug-likeness (QED) is 0.710. The van der Waals surface area contributed by atoms with Gasteiger partial charge >= 0.3 is 0 Å². The number of nitrogens with zero attached hydrogens (tertiary/aromatic N) is 2. The topological polar surface area (TPSA) is 23.6 Å². The van der Waals surface area contributed by atoms with Crippen molar-refractivity contribution in [2.75, 3.05) is 26.2 Å². The summed E-state index contributed by atoms with van der Waals surface area (Å²) in [6.45, 7) is 10.7. The lowest BCUT2D eigenvalue weighted by Gasteiger charge is -2.42. The molecule has 0 radical (unpaired) electrons. The van der Waals surface area contributed by atoms with Crippen LogP contribution in [0.2, 0.25) is 0 Å². The smallest absolute Gasteiger partial charge is 0.226 e. The van der Waals surface area contributed by atoms with Crippen molar-refractivity contribution >= 4 is 5.91 Å². The summed E-state index contributed by atoms with van der Waals surface area (Å²) in [6.07, 6.45) is 3.98. The van der Waals surface area contributed by atoms with Crippen LogP contribution in [0.1, 0.15) is 40.0 Å². The first-order valence-electron chi connectivity index (χ1n) is 7.52. The largest absolute Gasteiger partial charge is 0.340 e. The maximum absolute atomic E-state index is 12.4. The zero-order valence-corrected chi connectivity index (χ0v) is 12.0. The first kappa shape index (κ1) is 12.5. The van der Waals surface area contributed by atoms with Crippen LogP contribution in [-0.4, -0.2) is 47.4 Å². The van der Waals surface area contributed by atoms with Crippen molar-refractivity contribution in [3.05, 3.63) is 0 Å². The van der Waals surface area contributed by atoms with Gasteiger partial charge < -0.3 is 4.90 Å². The van der Waals surface area contributed by atoms with Crippen molar-refractivity contribution < 1.29 is 4.79 Å². The van der Waals surface area contributed by atoms with Gasteiger partial charge in [-0.3, -0.25) is 9.69 Å². The summed E-state index contributed by atoms with van der Waals surface area (Å²) in [6, 6.07) is 0. The summed E-state index contributed by atoms with van der Waals surface area (Å²) in [5.74, 6) is 2.41. The summed E-state index contributed by atoms with van der Waals surface area (Å²) in [5.41, 5.74) is 0.241. The molecule has 3 aliphatic rings. The maximum Gasteiger partial charge on any atom is 0.226 e. The Morgan fingerprint density at radius 3 is 2.06 bits per heavy atom. The summed E-state index contributed by atoms with van der Waals surface area (Å²) in [4.78, 5) is 17.1. The fourth-order valence-corrected chi connectivity index (χ4v) is 4.00. The van der Waals surface area contributed by atoms with Crippen LogP contribution in [0.3, 0.4) is 0 Å². The van der Waals surface area contributed by atoms with Gasteiger partial charge in [-0.05, 0) is 45.4 Å². The summed E-state index contributed by atoms with van der Waals surface area (Å²) in [5, 5.41) is 0. The standard InChI is InChI=1S/C15H26N2O/c1-15(2,3)17-9-7-16(8-10-17)14(18)13-11-5-4-6-12(11)13/h11-13H,4-10H2,1-3H3/t11-,12-/m1/s1. The van der Waals surface area contributed by atoms with Crippen LogP contribution < -0.4 is 0 Å². The van der Waals surface area contributed by atoms with E-state index in [-0.39, 0.29) is 5.54 Å². The van der Waals surface area contributed by atoms with Crippen molar-refractivity contribution in [3.63, 3.8) is 0 Å². The van der Waals surface area contributed by atoms with Gasteiger partial charge in [0.15, 0.2) is 0 Å². The Labute approximate surface area is 111 Å². The molecule has 1 saturated heterocycles. The molecule has 0 spiro atoms. The Bertz CT molecular complexity index is 329. The molecule has 1 aliphatic heterocycles. The Morgan fingerprint density at radius 1 is 1.00 bits per heavy atom. The minimum absolute atomic E-state index is 0.241. The van der Waals surface area contributed by atoms with Crippen molar-refractivity contribution in [3.8, 4) is 0 Å². The number of carbonyl (C=O) groups is 1. The molecule has 102 valence electrons. The number of amides is 1. The van der Waals surface area contributed by atoms with Crippen LogP contribution in [0.25, 0.3) is 0 Å². The summed E-state index contributed by atoms with van der Waals surface area (Å²) >= 11 is 0. The van der Waals surface area contributed by atoms with E-state index in [1.807, 2.05) is 0 Å². The molecule has 0 aromatic rings. The third kappa shape index (κ3) is 2.07. The van der Waals surface area contributed by atoms with Gasteiger partial charge in [-0.2, -0.15) is 0 Å². The van der Waals surface area contributed by atoms with E-state index in [4.69, 9.17) is 0 Å². The molecule has 1 heterocycles. The molecule has 0 aromatic heterocycles. The third-order valence-corrected chi connectivity index (χ3v) is 5.23. The van der Waals surface area contributed by atoms with Crippen molar-refractivity contribution in [1.29, 1.82) is 0 Å². The van der Waals surface area contributed by atoms with E-state index in [9.17, 15) is 4.79 Å². The second kappa shape index (κ2) is 4.22. The van der Waals surface area contributed by atoms with Gasteiger partial charge in [0.1, 0.15) is 0 Å². The van der Waals surface area contributed by atoms with E-state index < -0.39 is 0 Å². The lowest BCUT2D eigenvalue weighted by Crippen LogP contribution is -2.55. The molecule has 3 heteroatoms. The SMILES string of the molecule is CC(C)(C)N1CCN(C(=O)C2[C@@H]3CCC[C@@H]23)CC1. The second-order valence-electron chi connectivity index (χ2n) is 7.27. The first-order chi connectivity index (χ1) is 8.48. The highest BCUT2D eigenvalue weighted by Crippen LogP contribution is 2.58. The zero-order valence-electron chi connectivity index (χ0n) is 12.0. The Kier molecular flexibility index (Phi) is 2.92. The molecule has 3 fully saturated rings. The van der Waals surface area contributed by atoms with Gasteiger partial charge in [-0.15, -0.1) is 0 Å². The lowest BCUT2D eigenvalue weighted by molar-refractivity contribution is -0.136. The third-order valence-electron chi connectivity index (χ3n) is 5.23. The molecule has 0 unspecified atom stereocenters. The van der Waals surface area contributed by atoms with Crippen LogP contribution >= 0.6 is 0 Å². The Morgan fingerprint density at radius 2 is 1.56 bits per heavy atom. The van der Waals surface area contributed by atoms with Crippen LogP contribution in [0.15, 0.2) is 0 Å². The first-order valence-corrected chi connectivity index (χ1v) is 7.52. The highest BCUT2D eigenvalue weighted by atomic mass is 16.2. The van der Waals surface area contributed by atoms with Crippen LogP contribution in [0.4, 0.5) is 0 Å². The number of rotatable bonds is 1. The molecule has 3 rings (SSSR count). The van der Waals surface area contributed by atoms with E-state index >= 15 is 0 Å². The van der Waals surface area contributed by atoms with Crippen LogP contribution in [0.5, 0.6) is 0 Å². The molecule has 2 aliphatic carbocycles. The van der Waals surface area contributed by atoms with Crippen LogP contribution in [-0.2, 0) is 4.79 Å². The fraction of sp³-hybridized carbons (Fsp3) is 0.933. The summed E-state index contributed by atoms with van der Waals surface area (Å²) in [7, 11) is 0. The molecule has 1 amide bonds. The number of hydrogen-bond acceptors (Lipinski definition) is 2. The molecule has 0 aromatic carbocycles. The normalized spacial score (nSPS) is 36.6. The number of carbonyl (C=O) groups excluding carboxylic acids is 1. The summed E-state index contributed by atoms with van der Waals surface area (Å²) < 4.78 is 0. The van der Waals surface area contributed by atoms with Crippen molar-refractivity contribution in [2.45, 2.75) is 45.6 Å². The Balaban J connectivity index is 1.53. The average molecular weight is 250 g/mol. The lowest BCUT2D eigenvalue weighted by atomic mass is 10.0. The van der Waals surface area contributed by atoms with E-state index in [1.165, 1.54) is 19.3 Å². The molecule has 18 heavy (non-hydrogen) atoms. The monoisotopic (exact) mass is 250 g/mol. The van der Waals surface area contributed by atoms with Gasteiger partial charge in [0.05, 0.1) is 0 Å². The van der Waals surface area contributed by atoms with E-state index in [0.717, 1.165) is 38.0 Å². The second-order valence-corrected chi connectivity index (χ2v) is 7.27. The number of hydrogen-bond donors (Lipinski definition) is 0. The minimum atomic E-state index is 0.241. The van der Waals surface area contributed by atoms with Gasteiger partial charge in [-0.1, -0.05) is 6.42 Å². The zero-order chi connectivity index (χ0) is 12.9. The highest BCUT2D eigenvalue weighted by molar-refractivity contribution is 5.82. The van der Waals surface area contributed by atoms with E-state index in [0.29, 0.717) is 11.8 Å². The predicted octanol–water partition coefficient (Wildman–Crippen LogP) is 1.98. The molecule has 0 bridgehead atoms. The van der Waals surface area contributed by atoms with Crippen molar-refractivity contribution in [2.24, 2.45) is 17.8 Å². The molecule has 2 saturated carbocycles. The average Bonchev–Trinajstić information content (AvgIpc) is 2.80. The van der Waals surface area contributed by atoms with Crippen LogP contribution in [0, 0.1) is 17.8 Å². The molecular formula is C15H26N2O. The van der Waals surface area contributed by atoms with Crippen molar-refractivity contribution in [1.82, 2.24) is 9.80 Å². The molecule has 3 nitrogen and oxygen atoms in total. The maximum atomic E-state index is 12.4.